The lowest BCUT2D eigenvalue weighted by molar-refractivity contribution is 0.190. The van der Waals surface area contributed by atoms with Gasteiger partial charge in [-0.1, -0.05) is 34.8 Å². The second-order valence-electron chi connectivity index (χ2n) is 4.14. The standard InChI is InChI=1S/C10H10Cl3NO3S/c11-5-1-7(13)8(2-6(5)12)14-9-3-18(16,17)4-10(9)15/h1-2,9-10,14-15H,3-4H2. The Morgan fingerprint density at radius 3 is 2.28 bits per heavy atom. The Kier molecular flexibility index (Phi) is 3.99. The Hall–Kier alpha value is -0.200. The van der Waals surface area contributed by atoms with Crippen LogP contribution in [-0.2, 0) is 9.84 Å². The summed E-state index contributed by atoms with van der Waals surface area (Å²) in [5.74, 6) is -0.381. The molecule has 0 spiro atoms. The van der Waals surface area contributed by atoms with Crippen LogP contribution in [0.15, 0.2) is 12.1 Å². The number of nitrogens with one attached hydrogen (secondary N) is 1. The van der Waals surface area contributed by atoms with E-state index in [1.807, 2.05) is 0 Å². The number of benzene rings is 1. The van der Waals surface area contributed by atoms with Crippen molar-refractivity contribution in [2.24, 2.45) is 0 Å². The van der Waals surface area contributed by atoms with Gasteiger partial charge < -0.3 is 10.4 Å². The SMILES string of the molecule is O=S1(=O)CC(O)C(Nc2cc(Cl)c(Cl)cc2Cl)C1. The van der Waals surface area contributed by atoms with Crippen molar-refractivity contribution in [1.82, 2.24) is 0 Å². The Bertz CT molecular complexity index is 576. The molecule has 1 fully saturated rings. The molecule has 0 saturated carbocycles. The molecule has 1 saturated heterocycles. The summed E-state index contributed by atoms with van der Waals surface area (Å²) in [7, 11) is -3.21. The largest absolute Gasteiger partial charge is 0.390 e. The molecule has 1 aliphatic rings. The predicted octanol–water partition coefficient (Wildman–Crippen LogP) is 2.22. The van der Waals surface area contributed by atoms with Gasteiger partial charge in [-0.05, 0) is 12.1 Å². The monoisotopic (exact) mass is 329 g/mol. The molecule has 1 aromatic carbocycles. The van der Waals surface area contributed by atoms with Gasteiger partial charge in [-0.25, -0.2) is 8.42 Å². The van der Waals surface area contributed by atoms with Gasteiger partial charge in [0.25, 0.3) is 0 Å². The Balaban J connectivity index is 2.23. The van der Waals surface area contributed by atoms with E-state index in [4.69, 9.17) is 34.8 Å². The Labute approximate surface area is 120 Å². The van der Waals surface area contributed by atoms with Gasteiger partial charge in [-0.15, -0.1) is 0 Å². The van der Waals surface area contributed by atoms with Gasteiger partial charge in [-0.2, -0.15) is 0 Å². The van der Waals surface area contributed by atoms with Gasteiger partial charge in [0.05, 0.1) is 44.4 Å². The van der Waals surface area contributed by atoms with E-state index in [2.05, 4.69) is 5.32 Å². The third-order valence-electron chi connectivity index (χ3n) is 2.67. The molecule has 1 heterocycles. The highest BCUT2D eigenvalue weighted by Gasteiger charge is 2.36. The summed E-state index contributed by atoms with van der Waals surface area (Å²) in [5.41, 5.74) is 0.451. The van der Waals surface area contributed by atoms with Crippen molar-refractivity contribution in [1.29, 1.82) is 0 Å². The number of anilines is 1. The number of halogens is 3. The topological polar surface area (TPSA) is 66.4 Å². The van der Waals surface area contributed by atoms with Crippen molar-refractivity contribution in [3.8, 4) is 0 Å². The Morgan fingerprint density at radius 1 is 1.11 bits per heavy atom. The Morgan fingerprint density at radius 2 is 1.72 bits per heavy atom. The maximum absolute atomic E-state index is 11.4. The zero-order chi connectivity index (χ0) is 13.5. The average molecular weight is 331 g/mol. The maximum Gasteiger partial charge on any atom is 0.155 e. The number of rotatable bonds is 2. The summed E-state index contributed by atoms with van der Waals surface area (Å²) in [5, 5.41) is 13.5. The molecular weight excluding hydrogens is 321 g/mol. The molecule has 0 amide bonds. The summed E-state index contributed by atoms with van der Waals surface area (Å²) in [6, 6.07) is 2.37. The number of hydrogen-bond donors (Lipinski definition) is 2. The van der Waals surface area contributed by atoms with E-state index < -0.39 is 22.0 Å². The second kappa shape index (κ2) is 5.06. The van der Waals surface area contributed by atoms with Crippen molar-refractivity contribution >= 4 is 50.3 Å². The first-order valence-electron chi connectivity index (χ1n) is 5.08. The zero-order valence-electron chi connectivity index (χ0n) is 9.03. The molecule has 2 atom stereocenters. The molecule has 2 N–H and O–H groups in total. The molecule has 0 bridgehead atoms. The molecule has 18 heavy (non-hydrogen) atoms. The second-order valence-corrected chi connectivity index (χ2v) is 7.52. The summed E-state index contributed by atoms with van der Waals surface area (Å²) in [6.07, 6.45) is -0.958. The molecule has 100 valence electrons. The first kappa shape index (κ1) is 14.2. The quantitative estimate of drug-likeness (QED) is 0.816. The van der Waals surface area contributed by atoms with E-state index in [0.29, 0.717) is 20.8 Å². The third-order valence-corrected chi connectivity index (χ3v) is 5.42. The number of aliphatic hydroxyl groups excluding tert-OH is 1. The van der Waals surface area contributed by atoms with Gasteiger partial charge in [-0.3, -0.25) is 0 Å². The third kappa shape index (κ3) is 3.03. The molecule has 0 aliphatic carbocycles. The molecule has 0 aromatic heterocycles. The fourth-order valence-electron chi connectivity index (χ4n) is 1.80. The van der Waals surface area contributed by atoms with Gasteiger partial charge in [0.2, 0.25) is 0 Å². The lowest BCUT2D eigenvalue weighted by atomic mass is 10.2. The molecule has 1 aliphatic heterocycles. The minimum absolute atomic E-state index is 0.134. The highest BCUT2D eigenvalue weighted by molar-refractivity contribution is 7.91. The summed E-state index contributed by atoms with van der Waals surface area (Å²) < 4.78 is 22.7. The summed E-state index contributed by atoms with van der Waals surface area (Å²) in [4.78, 5) is 0. The minimum atomic E-state index is -3.21. The normalized spacial score (nSPS) is 26.2. The fraction of sp³-hybridized carbons (Fsp3) is 0.400. The van der Waals surface area contributed by atoms with Gasteiger partial charge >= 0.3 is 0 Å². The fourth-order valence-corrected chi connectivity index (χ4v) is 4.14. The molecule has 2 unspecified atom stereocenters. The van der Waals surface area contributed by atoms with Crippen molar-refractivity contribution in [2.75, 3.05) is 16.8 Å². The molecular formula is C10H10Cl3NO3S. The van der Waals surface area contributed by atoms with Crippen LogP contribution in [0.4, 0.5) is 5.69 Å². The van der Waals surface area contributed by atoms with Crippen LogP contribution in [0.25, 0.3) is 0 Å². The van der Waals surface area contributed by atoms with E-state index in [-0.39, 0.29) is 11.5 Å². The lowest BCUT2D eigenvalue weighted by Gasteiger charge is -2.17. The molecule has 2 rings (SSSR count). The van der Waals surface area contributed by atoms with Crippen LogP contribution in [0.3, 0.4) is 0 Å². The van der Waals surface area contributed by atoms with Crippen molar-refractivity contribution in [3.05, 3.63) is 27.2 Å². The van der Waals surface area contributed by atoms with Crippen LogP contribution in [-0.4, -0.2) is 37.2 Å². The summed E-state index contributed by atoms with van der Waals surface area (Å²) >= 11 is 17.6. The zero-order valence-corrected chi connectivity index (χ0v) is 12.1. The van der Waals surface area contributed by atoms with Gasteiger partial charge in [0.1, 0.15) is 0 Å². The van der Waals surface area contributed by atoms with Gasteiger partial charge in [0, 0.05) is 0 Å². The van der Waals surface area contributed by atoms with E-state index in [0.717, 1.165) is 0 Å². The minimum Gasteiger partial charge on any atom is -0.390 e. The molecule has 0 radical (unpaired) electrons. The van der Waals surface area contributed by atoms with Crippen LogP contribution < -0.4 is 5.32 Å². The maximum atomic E-state index is 11.4. The van der Waals surface area contributed by atoms with Crippen LogP contribution >= 0.6 is 34.8 Å². The molecule has 8 heteroatoms. The van der Waals surface area contributed by atoms with E-state index in [9.17, 15) is 13.5 Å². The molecule has 1 aromatic rings. The molecule has 4 nitrogen and oxygen atoms in total. The van der Waals surface area contributed by atoms with E-state index >= 15 is 0 Å². The summed E-state index contributed by atoms with van der Waals surface area (Å²) in [6.45, 7) is 0. The average Bonchev–Trinajstić information content (AvgIpc) is 2.48. The van der Waals surface area contributed by atoms with E-state index in [1.54, 1.807) is 0 Å². The van der Waals surface area contributed by atoms with E-state index in [1.165, 1.54) is 12.1 Å². The van der Waals surface area contributed by atoms with Crippen molar-refractivity contribution in [2.45, 2.75) is 12.1 Å². The van der Waals surface area contributed by atoms with Crippen LogP contribution in [0.2, 0.25) is 15.1 Å². The van der Waals surface area contributed by atoms with Crippen molar-refractivity contribution < 1.29 is 13.5 Å². The first-order chi connectivity index (χ1) is 8.28. The van der Waals surface area contributed by atoms with Gasteiger partial charge in [0.15, 0.2) is 9.84 Å². The van der Waals surface area contributed by atoms with Crippen LogP contribution in [0, 0.1) is 0 Å². The highest BCUT2D eigenvalue weighted by Crippen LogP contribution is 2.33. The van der Waals surface area contributed by atoms with Crippen molar-refractivity contribution in [3.63, 3.8) is 0 Å². The smallest absolute Gasteiger partial charge is 0.155 e. The highest BCUT2D eigenvalue weighted by atomic mass is 35.5. The number of sulfone groups is 1. The number of aliphatic hydroxyl groups is 1. The van der Waals surface area contributed by atoms with Crippen LogP contribution in [0.5, 0.6) is 0 Å². The van der Waals surface area contributed by atoms with Crippen LogP contribution in [0.1, 0.15) is 0 Å². The predicted molar refractivity (Wildman–Crippen MR) is 73.5 cm³/mol. The lowest BCUT2D eigenvalue weighted by Crippen LogP contribution is -2.31. The first-order valence-corrected chi connectivity index (χ1v) is 8.03. The number of hydrogen-bond acceptors (Lipinski definition) is 4.